The van der Waals surface area contributed by atoms with E-state index in [1.54, 1.807) is 0 Å². The highest BCUT2D eigenvalue weighted by Gasteiger charge is 2.27. The molecular formula is C19H23NS. The summed E-state index contributed by atoms with van der Waals surface area (Å²) in [4.78, 5) is 4.47. The first-order valence-electron chi connectivity index (χ1n) is 7.83. The molecule has 1 unspecified atom stereocenters. The highest BCUT2D eigenvalue weighted by Crippen LogP contribution is 2.33. The van der Waals surface area contributed by atoms with Gasteiger partial charge in [-0.3, -0.25) is 0 Å². The number of isothiocyanates is 1. The number of unbranched alkanes of at least 4 members (excludes halogenated alkanes) is 3. The van der Waals surface area contributed by atoms with Gasteiger partial charge in [-0.05, 0) is 36.2 Å². The van der Waals surface area contributed by atoms with Crippen molar-refractivity contribution in [3.63, 3.8) is 0 Å². The van der Waals surface area contributed by atoms with Crippen molar-refractivity contribution in [1.29, 1.82) is 0 Å². The first-order chi connectivity index (χ1) is 10.3. The summed E-state index contributed by atoms with van der Waals surface area (Å²) < 4.78 is 0. The fourth-order valence-corrected chi connectivity index (χ4v) is 2.97. The average Bonchev–Trinajstić information content (AvgIpc) is 2.54. The number of allylic oxidation sites excluding steroid dienone is 2. The Hall–Kier alpha value is -1.50. The zero-order chi connectivity index (χ0) is 15.0. The van der Waals surface area contributed by atoms with E-state index in [4.69, 9.17) is 12.2 Å². The van der Waals surface area contributed by atoms with Crippen LogP contribution >= 0.6 is 12.2 Å². The van der Waals surface area contributed by atoms with Gasteiger partial charge in [0.1, 0.15) is 0 Å². The molecule has 2 heteroatoms. The number of nitrogens with zero attached hydrogens (tertiary/aromatic N) is 1. The minimum atomic E-state index is -0.159. The molecule has 110 valence electrons. The highest BCUT2D eigenvalue weighted by atomic mass is 32.1. The Balaban J connectivity index is 2.05. The Kier molecular flexibility index (Phi) is 6.10. The van der Waals surface area contributed by atoms with Crippen LogP contribution in [0.25, 0.3) is 5.57 Å². The number of aliphatic imine (C=N–C) groups is 1. The van der Waals surface area contributed by atoms with E-state index in [0.717, 1.165) is 12.8 Å². The summed E-state index contributed by atoms with van der Waals surface area (Å²) in [6, 6.07) is 10.5. The maximum Gasteiger partial charge on any atom is 0.0928 e. The fourth-order valence-electron chi connectivity index (χ4n) is 2.79. The van der Waals surface area contributed by atoms with Gasteiger partial charge in [0.15, 0.2) is 0 Å². The van der Waals surface area contributed by atoms with Gasteiger partial charge < -0.3 is 0 Å². The van der Waals surface area contributed by atoms with Crippen molar-refractivity contribution >= 4 is 23.0 Å². The largest absolute Gasteiger partial charge is 0.221 e. The molecule has 0 spiro atoms. The van der Waals surface area contributed by atoms with E-state index in [1.807, 2.05) is 6.07 Å². The van der Waals surface area contributed by atoms with E-state index in [-0.39, 0.29) is 5.54 Å². The summed E-state index contributed by atoms with van der Waals surface area (Å²) in [5.74, 6) is 0. The summed E-state index contributed by atoms with van der Waals surface area (Å²) in [5.41, 5.74) is 2.38. The summed E-state index contributed by atoms with van der Waals surface area (Å²) >= 11 is 4.86. The predicted octanol–water partition coefficient (Wildman–Crippen LogP) is 5.84. The molecule has 0 amide bonds. The van der Waals surface area contributed by atoms with E-state index in [0.29, 0.717) is 0 Å². The second kappa shape index (κ2) is 8.07. The van der Waals surface area contributed by atoms with Gasteiger partial charge in [0.2, 0.25) is 0 Å². The van der Waals surface area contributed by atoms with Gasteiger partial charge in [0.05, 0.1) is 10.7 Å². The summed E-state index contributed by atoms with van der Waals surface area (Å²) in [6.07, 6.45) is 13.7. The molecule has 0 aliphatic heterocycles. The lowest BCUT2D eigenvalue weighted by molar-refractivity contribution is 0.461. The SMILES string of the molecule is CCCCCCC1(N=C=S)C=CC(c2ccccc2)=CC1. The van der Waals surface area contributed by atoms with Crippen molar-refractivity contribution in [2.45, 2.75) is 51.0 Å². The molecule has 0 N–H and O–H groups in total. The van der Waals surface area contributed by atoms with Crippen LogP contribution < -0.4 is 0 Å². The summed E-state index contributed by atoms with van der Waals surface area (Å²) in [6.45, 7) is 2.24. The molecular weight excluding hydrogens is 274 g/mol. The van der Waals surface area contributed by atoms with E-state index < -0.39 is 0 Å². The number of thiocarbonyl (C=S) groups is 1. The molecule has 0 aromatic heterocycles. The van der Waals surface area contributed by atoms with E-state index in [1.165, 1.54) is 36.8 Å². The normalized spacial score (nSPS) is 20.7. The second-order valence-corrected chi connectivity index (χ2v) is 5.86. The van der Waals surface area contributed by atoms with Crippen LogP contribution in [0.1, 0.15) is 51.0 Å². The minimum Gasteiger partial charge on any atom is -0.221 e. The Bertz CT molecular complexity index is 552. The van der Waals surface area contributed by atoms with Crippen LogP contribution in [0.4, 0.5) is 0 Å². The fraction of sp³-hybridized carbons (Fsp3) is 0.421. The lowest BCUT2D eigenvalue weighted by Crippen LogP contribution is -2.24. The molecule has 1 aromatic carbocycles. The third-order valence-electron chi connectivity index (χ3n) is 4.09. The Morgan fingerprint density at radius 2 is 2.00 bits per heavy atom. The van der Waals surface area contributed by atoms with Gasteiger partial charge >= 0.3 is 0 Å². The van der Waals surface area contributed by atoms with Crippen molar-refractivity contribution in [2.75, 3.05) is 0 Å². The first-order valence-corrected chi connectivity index (χ1v) is 8.24. The zero-order valence-electron chi connectivity index (χ0n) is 12.7. The van der Waals surface area contributed by atoms with Gasteiger partial charge in [-0.15, -0.1) is 0 Å². The molecule has 21 heavy (non-hydrogen) atoms. The van der Waals surface area contributed by atoms with Gasteiger partial charge in [-0.1, -0.05) is 81.2 Å². The molecule has 2 rings (SSSR count). The van der Waals surface area contributed by atoms with Crippen LogP contribution in [0.5, 0.6) is 0 Å². The van der Waals surface area contributed by atoms with Crippen LogP contribution in [0.3, 0.4) is 0 Å². The molecule has 1 atom stereocenters. The van der Waals surface area contributed by atoms with Crippen LogP contribution in [0, 0.1) is 0 Å². The Labute approximate surface area is 133 Å². The van der Waals surface area contributed by atoms with E-state index in [9.17, 15) is 0 Å². The van der Waals surface area contributed by atoms with Crippen LogP contribution in [0.15, 0.2) is 53.6 Å². The Morgan fingerprint density at radius 3 is 2.62 bits per heavy atom. The standard InChI is InChI=1S/C19H23NS/c1-2-3-4-8-13-19(20-16-21)14-11-18(12-15-19)17-9-6-5-7-10-17/h5-7,9-12,14H,2-4,8,13,15H2,1H3. The van der Waals surface area contributed by atoms with Crippen molar-refractivity contribution in [2.24, 2.45) is 4.99 Å². The molecule has 0 fully saturated rings. The molecule has 1 aliphatic carbocycles. The van der Waals surface area contributed by atoms with Crippen LogP contribution in [0.2, 0.25) is 0 Å². The monoisotopic (exact) mass is 297 g/mol. The summed E-state index contributed by atoms with van der Waals surface area (Å²) in [7, 11) is 0. The second-order valence-electron chi connectivity index (χ2n) is 5.68. The quantitative estimate of drug-likeness (QED) is 0.350. The molecule has 1 aliphatic rings. The van der Waals surface area contributed by atoms with Crippen LogP contribution in [-0.4, -0.2) is 10.7 Å². The van der Waals surface area contributed by atoms with Crippen molar-refractivity contribution in [1.82, 2.24) is 0 Å². The Morgan fingerprint density at radius 1 is 1.19 bits per heavy atom. The van der Waals surface area contributed by atoms with Gasteiger partial charge in [-0.2, -0.15) is 0 Å². The van der Waals surface area contributed by atoms with E-state index >= 15 is 0 Å². The topological polar surface area (TPSA) is 12.4 Å². The summed E-state index contributed by atoms with van der Waals surface area (Å²) in [5, 5.41) is 2.60. The van der Waals surface area contributed by atoms with Gasteiger partial charge in [0, 0.05) is 0 Å². The molecule has 1 aromatic rings. The van der Waals surface area contributed by atoms with Crippen LogP contribution in [-0.2, 0) is 0 Å². The van der Waals surface area contributed by atoms with E-state index in [2.05, 4.69) is 59.6 Å². The highest BCUT2D eigenvalue weighted by molar-refractivity contribution is 7.78. The number of hydrogen-bond acceptors (Lipinski definition) is 2. The van der Waals surface area contributed by atoms with Crippen molar-refractivity contribution < 1.29 is 0 Å². The lowest BCUT2D eigenvalue weighted by Gasteiger charge is -2.27. The molecule has 0 saturated heterocycles. The van der Waals surface area contributed by atoms with Gasteiger partial charge in [-0.25, -0.2) is 4.99 Å². The maximum absolute atomic E-state index is 4.86. The van der Waals surface area contributed by atoms with Gasteiger partial charge in [0.25, 0.3) is 0 Å². The average molecular weight is 297 g/mol. The zero-order valence-corrected chi connectivity index (χ0v) is 13.5. The number of hydrogen-bond donors (Lipinski definition) is 0. The smallest absolute Gasteiger partial charge is 0.0928 e. The minimum absolute atomic E-state index is 0.159. The number of benzene rings is 1. The van der Waals surface area contributed by atoms with Crippen molar-refractivity contribution in [3.8, 4) is 0 Å². The molecule has 1 nitrogen and oxygen atoms in total. The van der Waals surface area contributed by atoms with Crippen molar-refractivity contribution in [3.05, 3.63) is 54.1 Å². The third kappa shape index (κ3) is 4.49. The molecule has 0 saturated carbocycles. The molecule has 0 bridgehead atoms. The maximum atomic E-state index is 4.86. The number of rotatable bonds is 7. The predicted molar refractivity (Wildman–Crippen MR) is 94.7 cm³/mol. The third-order valence-corrected chi connectivity index (χ3v) is 4.18. The first kappa shape index (κ1) is 15.9. The molecule has 0 heterocycles. The lowest BCUT2D eigenvalue weighted by atomic mass is 9.83. The molecule has 0 radical (unpaired) electrons.